The minimum Gasteiger partial charge on any atom is -0.497 e. The minimum atomic E-state index is -3.53. The molecular weight excluding hydrogens is 344 g/mol. The highest BCUT2D eigenvalue weighted by molar-refractivity contribution is 9.10. The van der Waals surface area contributed by atoms with Crippen molar-refractivity contribution in [1.29, 1.82) is 0 Å². The van der Waals surface area contributed by atoms with Crippen LogP contribution in [0.25, 0.3) is 0 Å². The van der Waals surface area contributed by atoms with Crippen molar-refractivity contribution in [2.45, 2.75) is 42.7 Å². The van der Waals surface area contributed by atoms with E-state index in [2.05, 4.69) is 20.7 Å². The first-order chi connectivity index (χ1) is 9.40. The molecule has 20 heavy (non-hydrogen) atoms. The van der Waals surface area contributed by atoms with Crippen LogP contribution in [0.15, 0.2) is 27.6 Å². The maximum Gasteiger partial charge on any atom is 0.240 e. The molecular formula is C13H19BrN2O3S. The molecule has 1 saturated carbocycles. The molecule has 0 unspecified atom stereocenters. The van der Waals surface area contributed by atoms with Gasteiger partial charge < -0.3 is 10.5 Å². The summed E-state index contributed by atoms with van der Waals surface area (Å²) in [5.41, 5.74) is 5.83. The molecule has 0 spiro atoms. The average Bonchev–Trinajstić information content (AvgIpc) is 2.40. The number of halogens is 1. The Morgan fingerprint density at radius 1 is 1.25 bits per heavy atom. The summed E-state index contributed by atoms with van der Waals surface area (Å²) in [6.45, 7) is 0. The summed E-state index contributed by atoms with van der Waals surface area (Å²) in [6.07, 6.45) is 3.28. The number of sulfonamides is 1. The van der Waals surface area contributed by atoms with Gasteiger partial charge in [0.15, 0.2) is 0 Å². The summed E-state index contributed by atoms with van der Waals surface area (Å²) in [5.74, 6) is 0.505. The summed E-state index contributed by atoms with van der Waals surface area (Å²) in [4.78, 5) is 0.207. The van der Waals surface area contributed by atoms with Crippen LogP contribution < -0.4 is 15.2 Å². The van der Waals surface area contributed by atoms with Crippen LogP contribution >= 0.6 is 15.9 Å². The van der Waals surface area contributed by atoms with Gasteiger partial charge >= 0.3 is 0 Å². The van der Waals surface area contributed by atoms with E-state index in [1.807, 2.05) is 0 Å². The Hall–Kier alpha value is -0.630. The van der Waals surface area contributed by atoms with Crippen LogP contribution in [0.4, 0.5) is 0 Å². The maximum absolute atomic E-state index is 12.4. The molecule has 1 aliphatic rings. The van der Waals surface area contributed by atoms with Crippen molar-refractivity contribution in [2.24, 2.45) is 5.73 Å². The van der Waals surface area contributed by atoms with Gasteiger partial charge in [0.05, 0.1) is 12.0 Å². The summed E-state index contributed by atoms with van der Waals surface area (Å²) < 4.78 is 33.3. The van der Waals surface area contributed by atoms with E-state index in [0.29, 0.717) is 10.2 Å². The fourth-order valence-corrected chi connectivity index (χ4v) is 4.32. The smallest absolute Gasteiger partial charge is 0.240 e. The van der Waals surface area contributed by atoms with Gasteiger partial charge in [-0.1, -0.05) is 15.9 Å². The second kappa shape index (κ2) is 6.43. The first-order valence-corrected chi connectivity index (χ1v) is 8.81. The lowest BCUT2D eigenvalue weighted by atomic mass is 9.93. The molecule has 0 radical (unpaired) electrons. The van der Waals surface area contributed by atoms with Crippen LogP contribution in [0.3, 0.4) is 0 Å². The fraction of sp³-hybridized carbons (Fsp3) is 0.538. The van der Waals surface area contributed by atoms with E-state index >= 15 is 0 Å². The van der Waals surface area contributed by atoms with E-state index in [1.54, 1.807) is 12.1 Å². The molecule has 0 heterocycles. The molecule has 1 aliphatic carbocycles. The molecule has 2 rings (SSSR count). The first-order valence-electron chi connectivity index (χ1n) is 6.53. The number of hydrogen-bond donors (Lipinski definition) is 2. The van der Waals surface area contributed by atoms with Gasteiger partial charge in [-0.25, -0.2) is 13.1 Å². The Balaban J connectivity index is 2.16. The second-order valence-corrected chi connectivity index (χ2v) is 7.69. The number of nitrogens with one attached hydrogen (secondary N) is 1. The van der Waals surface area contributed by atoms with Gasteiger partial charge in [0.25, 0.3) is 0 Å². The number of ether oxygens (including phenoxy) is 1. The number of nitrogens with two attached hydrogens (primary N) is 1. The molecule has 0 aliphatic heterocycles. The third-order valence-electron chi connectivity index (χ3n) is 3.48. The lowest BCUT2D eigenvalue weighted by Crippen LogP contribution is -2.40. The summed E-state index contributed by atoms with van der Waals surface area (Å²) >= 11 is 3.29. The van der Waals surface area contributed by atoms with Gasteiger partial charge in [-0.3, -0.25) is 0 Å². The van der Waals surface area contributed by atoms with E-state index < -0.39 is 10.0 Å². The van der Waals surface area contributed by atoms with Crippen LogP contribution in [0.1, 0.15) is 25.7 Å². The Kier molecular flexibility index (Phi) is 5.06. The number of methoxy groups -OCH3 is 1. The zero-order chi connectivity index (χ0) is 14.8. The quantitative estimate of drug-likeness (QED) is 0.858. The van der Waals surface area contributed by atoms with Crippen molar-refractivity contribution >= 4 is 26.0 Å². The van der Waals surface area contributed by atoms with Gasteiger partial charge in [0, 0.05) is 22.6 Å². The Morgan fingerprint density at radius 2 is 1.90 bits per heavy atom. The highest BCUT2D eigenvalue weighted by atomic mass is 79.9. The zero-order valence-electron chi connectivity index (χ0n) is 11.3. The molecule has 112 valence electrons. The van der Waals surface area contributed by atoms with E-state index in [0.717, 1.165) is 25.7 Å². The minimum absolute atomic E-state index is 0.0372. The molecule has 0 bridgehead atoms. The third-order valence-corrected chi connectivity index (χ3v) is 5.44. The summed E-state index contributed by atoms with van der Waals surface area (Å²) in [5, 5.41) is 0. The van der Waals surface area contributed by atoms with Gasteiger partial charge in [0.2, 0.25) is 10.0 Å². The molecule has 5 nitrogen and oxygen atoms in total. The Labute approximate surface area is 128 Å². The molecule has 0 saturated heterocycles. The van der Waals surface area contributed by atoms with Crippen LogP contribution in [-0.4, -0.2) is 27.6 Å². The number of benzene rings is 1. The molecule has 0 amide bonds. The van der Waals surface area contributed by atoms with Crippen LogP contribution in [0.2, 0.25) is 0 Å². The van der Waals surface area contributed by atoms with Crippen LogP contribution in [0, 0.1) is 0 Å². The molecule has 0 aromatic heterocycles. The highest BCUT2D eigenvalue weighted by Gasteiger charge is 2.24. The predicted molar refractivity (Wildman–Crippen MR) is 81.2 cm³/mol. The van der Waals surface area contributed by atoms with E-state index in [4.69, 9.17) is 10.5 Å². The van der Waals surface area contributed by atoms with Gasteiger partial charge in [-0.05, 0) is 37.8 Å². The summed E-state index contributed by atoms with van der Waals surface area (Å²) in [6, 6.07) is 4.96. The van der Waals surface area contributed by atoms with E-state index in [-0.39, 0.29) is 17.0 Å². The van der Waals surface area contributed by atoms with Crippen molar-refractivity contribution in [3.05, 3.63) is 22.7 Å². The van der Waals surface area contributed by atoms with Gasteiger partial charge in [0.1, 0.15) is 5.75 Å². The van der Waals surface area contributed by atoms with Crippen LogP contribution in [-0.2, 0) is 10.0 Å². The van der Waals surface area contributed by atoms with Crippen molar-refractivity contribution in [3.63, 3.8) is 0 Å². The maximum atomic E-state index is 12.4. The number of hydrogen-bond acceptors (Lipinski definition) is 4. The molecule has 7 heteroatoms. The molecule has 1 aromatic carbocycles. The zero-order valence-corrected chi connectivity index (χ0v) is 13.7. The van der Waals surface area contributed by atoms with Crippen molar-refractivity contribution in [2.75, 3.05) is 7.11 Å². The molecule has 3 N–H and O–H groups in total. The molecule has 1 fully saturated rings. The standard InChI is InChI=1S/C13H19BrN2O3S/c1-19-12-6-9(14)7-13(8-12)20(17,18)16-11-4-2-10(15)3-5-11/h6-8,10-11,16H,2-5,15H2,1H3. The molecule has 1 aromatic rings. The fourth-order valence-electron chi connectivity index (χ4n) is 2.33. The summed E-state index contributed by atoms with van der Waals surface area (Å²) in [7, 11) is -2.03. The topological polar surface area (TPSA) is 81.4 Å². The molecule has 0 atom stereocenters. The Morgan fingerprint density at radius 3 is 2.50 bits per heavy atom. The highest BCUT2D eigenvalue weighted by Crippen LogP contribution is 2.25. The largest absolute Gasteiger partial charge is 0.497 e. The van der Waals surface area contributed by atoms with Crippen molar-refractivity contribution < 1.29 is 13.2 Å². The Bertz CT molecular complexity index is 569. The normalized spacial score (nSPS) is 23.6. The van der Waals surface area contributed by atoms with E-state index in [1.165, 1.54) is 13.2 Å². The van der Waals surface area contributed by atoms with Gasteiger partial charge in [-0.15, -0.1) is 0 Å². The first kappa shape index (κ1) is 15.8. The third kappa shape index (κ3) is 3.94. The lowest BCUT2D eigenvalue weighted by Gasteiger charge is -2.26. The van der Waals surface area contributed by atoms with E-state index in [9.17, 15) is 8.42 Å². The van der Waals surface area contributed by atoms with Crippen LogP contribution in [0.5, 0.6) is 5.75 Å². The monoisotopic (exact) mass is 362 g/mol. The van der Waals surface area contributed by atoms with Crippen molar-refractivity contribution in [1.82, 2.24) is 4.72 Å². The van der Waals surface area contributed by atoms with Gasteiger partial charge in [-0.2, -0.15) is 0 Å². The van der Waals surface area contributed by atoms with Crippen molar-refractivity contribution in [3.8, 4) is 5.75 Å². The number of rotatable bonds is 4. The second-order valence-electron chi connectivity index (χ2n) is 5.06. The predicted octanol–water partition coefficient (Wildman–Crippen LogP) is 2.01. The SMILES string of the molecule is COc1cc(Br)cc(S(=O)(=O)NC2CCC(N)CC2)c1. The lowest BCUT2D eigenvalue weighted by molar-refractivity contribution is 0.373. The average molecular weight is 363 g/mol.